The number of amides is 1. The van der Waals surface area contributed by atoms with E-state index in [4.69, 9.17) is 0 Å². The second-order valence-electron chi connectivity index (χ2n) is 7.05. The summed E-state index contributed by atoms with van der Waals surface area (Å²) >= 11 is 2.61. The Morgan fingerprint density at radius 3 is 2.55 bits per heavy atom. The molecule has 2 aromatic heterocycles. The van der Waals surface area contributed by atoms with Crippen molar-refractivity contribution < 1.29 is 4.79 Å². The van der Waals surface area contributed by atoms with Gasteiger partial charge in [-0.1, -0.05) is 47.7 Å². The van der Waals surface area contributed by atoms with Gasteiger partial charge in [-0.25, -0.2) is 14.3 Å². The lowest BCUT2D eigenvalue weighted by molar-refractivity contribution is -0.116. The molecule has 0 spiro atoms. The molecule has 0 aliphatic rings. The summed E-state index contributed by atoms with van der Waals surface area (Å²) in [5.74, 6) is -0.368. The van der Waals surface area contributed by atoms with E-state index in [9.17, 15) is 14.4 Å². The number of carbonyl (C=O) groups is 1. The van der Waals surface area contributed by atoms with Crippen LogP contribution in [0.1, 0.15) is 11.1 Å². The van der Waals surface area contributed by atoms with Gasteiger partial charge in [0.2, 0.25) is 5.91 Å². The number of rotatable bonds is 5. The molecule has 0 radical (unpaired) electrons. The first-order valence-corrected chi connectivity index (χ1v) is 11.6. The predicted octanol–water partition coefficient (Wildman–Crippen LogP) is 3.59. The van der Waals surface area contributed by atoms with Crippen LogP contribution >= 0.6 is 23.1 Å². The summed E-state index contributed by atoms with van der Waals surface area (Å²) < 4.78 is 3.35. The molecular weight excluding hydrogens is 432 g/mol. The molecule has 0 atom stereocenters. The molecule has 0 bridgehead atoms. The first-order valence-electron chi connectivity index (χ1n) is 9.52. The largest absolute Gasteiger partial charge is 0.337 e. The number of para-hydroxylation sites is 1. The molecule has 2 heterocycles. The number of carbonyl (C=O) groups excluding carboxylic acids is 1. The van der Waals surface area contributed by atoms with Crippen LogP contribution in [0.5, 0.6) is 0 Å². The van der Waals surface area contributed by atoms with E-state index in [1.807, 2.05) is 44.4 Å². The van der Waals surface area contributed by atoms with E-state index in [0.29, 0.717) is 20.4 Å². The summed E-state index contributed by atoms with van der Waals surface area (Å²) in [6.45, 7) is 3.63. The Hall–Kier alpha value is -3.17. The molecule has 0 aliphatic heterocycles. The van der Waals surface area contributed by atoms with E-state index in [1.165, 1.54) is 27.7 Å². The molecule has 0 saturated carbocycles. The van der Waals surface area contributed by atoms with E-state index < -0.39 is 11.2 Å². The maximum atomic E-state index is 13.3. The van der Waals surface area contributed by atoms with Crippen LogP contribution in [-0.2, 0) is 11.3 Å². The zero-order chi connectivity index (χ0) is 22.1. The number of benzene rings is 2. The number of anilines is 1. The zero-order valence-corrected chi connectivity index (χ0v) is 18.8. The molecule has 0 fully saturated rings. The Bertz CT molecular complexity index is 1400. The number of thioether (sulfide) groups is 1. The minimum Gasteiger partial charge on any atom is -0.324 e. The van der Waals surface area contributed by atoms with Crippen molar-refractivity contribution in [3.05, 3.63) is 80.5 Å². The highest BCUT2D eigenvalue weighted by molar-refractivity contribution is 8.00. The number of aryl methyl sites for hydroxylation is 2. The normalized spacial score (nSPS) is 11.1. The van der Waals surface area contributed by atoms with Gasteiger partial charge in [-0.2, -0.15) is 0 Å². The van der Waals surface area contributed by atoms with Gasteiger partial charge in [0, 0.05) is 5.69 Å². The molecule has 158 valence electrons. The van der Waals surface area contributed by atoms with Crippen LogP contribution < -0.4 is 16.6 Å². The monoisotopic (exact) mass is 452 g/mol. The van der Waals surface area contributed by atoms with Gasteiger partial charge in [0.05, 0.1) is 5.69 Å². The molecular formula is C22H20N4O3S2. The maximum Gasteiger partial charge on any atom is 0.337 e. The van der Waals surface area contributed by atoms with Crippen LogP contribution in [0, 0.1) is 13.8 Å². The number of hydrogen-bond acceptors (Lipinski definition) is 6. The summed E-state index contributed by atoms with van der Waals surface area (Å²) in [5.41, 5.74) is 2.34. The fourth-order valence-corrected chi connectivity index (χ4v) is 4.83. The topological polar surface area (TPSA) is 86.0 Å². The van der Waals surface area contributed by atoms with Crippen molar-refractivity contribution in [3.8, 4) is 5.69 Å². The zero-order valence-electron chi connectivity index (χ0n) is 17.2. The summed E-state index contributed by atoms with van der Waals surface area (Å²) in [6.07, 6.45) is 1.85. The number of hydrogen-bond donors (Lipinski definition) is 1. The first-order chi connectivity index (χ1) is 14.9. The van der Waals surface area contributed by atoms with Crippen LogP contribution in [-0.4, -0.2) is 26.3 Å². The van der Waals surface area contributed by atoms with Gasteiger partial charge in [-0.3, -0.25) is 14.2 Å². The van der Waals surface area contributed by atoms with Crippen LogP contribution in [0.2, 0.25) is 0 Å². The molecule has 7 nitrogen and oxygen atoms in total. The number of fused-ring (bicyclic) bond motifs is 1. The Morgan fingerprint density at radius 2 is 1.87 bits per heavy atom. The highest BCUT2D eigenvalue weighted by Crippen LogP contribution is 2.25. The van der Waals surface area contributed by atoms with E-state index in [1.54, 1.807) is 24.3 Å². The highest BCUT2D eigenvalue weighted by Gasteiger charge is 2.20. The number of nitrogens with zero attached hydrogens (tertiary/aromatic N) is 3. The molecule has 0 saturated heterocycles. The first kappa shape index (κ1) is 21.1. The number of thiazole rings is 1. The number of nitrogens with one attached hydrogen (secondary N) is 1. The molecule has 31 heavy (non-hydrogen) atoms. The Kier molecular flexibility index (Phi) is 5.79. The van der Waals surface area contributed by atoms with Crippen molar-refractivity contribution in [2.45, 2.75) is 24.7 Å². The third-order valence-electron chi connectivity index (χ3n) is 4.81. The van der Waals surface area contributed by atoms with E-state index in [2.05, 4.69) is 10.3 Å². The molecule has 2 aromatic carbocycles. The second kappa shape index (κ2) is 8.52. The van der Waals surface area contributed by atoms with Crippen LogP contribution in [0.3, 0.4) is 0 Å². The van der Waals surface area contributed by atoms with Gasteiger partial charge < -0.3 is 5.32 Å². The van der Waals surface area contributed by atoms with Gasteiger partial charge >= 0.3 is 5.69 Å². The third kappa shape index (κ3) is 4.06. The van der Waals surface area contributed by atoms with Gasteiger partial charge in [0.25, 0.3) is 5.56 Å². The molecule has 9 heteroatoms. The van der Waals surface area contributed by atoms with Gasteiger partial charge in [-0.05, 0) is 43.9 Å². The van der Waals surface area contributed by atoms with Crippen molar-refractivity contribution in [2.75, 3.05) is 11.6 Å². The van der Waals surface area contributed by atoms with Gasteiger partial charge in [0.15, 0.2) is 9.99 Å². The summed E-state index contributed by atoms with van der Waals surface area (Å²) in [7, 11) is 0. The van der Waals surface area contributed by atoms with E-state index in [0.717, 1.165) is 15.7 Å². The van der Waals surface area contributed by atoms with Crippen LogP contribution in [0.25, 0.3) is 16.0 Å². The van der Waals surface area contributed by atoms with E-state index >= 15 is 0 Å². The SMILES string of the molecule is CSc1nc2c(s1)c(=O)n(-c1ccccc1)c(=O)n2CC(=O)Nc1ccc(C)cc1C. The number of aromatic nitrogens is 3. The fourth-order valence-electron chi connectivity index (χ4n) is 3.34. The van der Waals surface area contributed by atoms with Crippen LogP contribution in [0.15, 0.2) is 62.5 Å². The molecule has 4 rings (SSSR count). The lowest BCUT2D eigenvalue weighted by Crippen LogP contribution is -2.40. The smallest absolute Gasteiger partial charge is 0.324 e. The molecule has 0 aliphatic carbocycles. The Labute approximate surface area is 186 Å². The molecule has 4 aromatic rings. The average Bonchev–Trinajstić information content (AvgIpc) is 3.19. The van der Waals surface area contributed by atoms with Crippen molar-refractivity contribution in [1.82, 2.24) is 14.1 Å². The fraction of sp³-hybridized carbons (Fsp3) is 0.182. The maximum absolute atomic E-state index is 13.3. The molecule has 1 amide bonds. The summed E-state index contributed by atoms with van der Waals surface area (Å²) in [5, 5.41) is 2.86. The van der Waals surface area contributed by atoms with Crippen LogP contribution in [0.4, 0.5) is 5.69 Å². The van der Waals surface area contributed by atoms with Crippen molar-refractivity contribution in [1.29, 1.82) is 0 Å². The molecule has 0 unspecified atom stereocenters. The average molecular weight is 453 g/mol. The highest BCUT2D eigenvalue weighted by atomic mass is 32.2. The third-order valence-corrected chi connectivity index (χ3v) is 6.83. The summed E-state index contributed by atoms with van der Waals surface area (Å²) in [4.78, 5) is 43.7. The molecule has 1 N–H and O–H groups in total. The minimum atomic E-state index is -0.600. The van der Waals surface area contributed by atoms with Crippen molar-refractivity contribution in [2.24, 2.45) is 0 Å². The lowest BCUT2D eigenvalue weighted by Gasteiger charge is -2.13. The second-order valence-corrected chi connectivity index (χ2v) is 9.10. The van der Waals surface area contributed by atoms with Crippen molar-refractivity contribution in [3.63, 3.8) is 0 Å². The summed E-state index contributed by atoms with van der Waals surface area (Å²) in [6, 6.07) is 14.4. The van der Waals surface area contributed by atoms with E-state index in [-0.39, 0.29) is 18.1 Å². The van der Waals surface area contributed by atoms with Gasteiger partial charge in [-0.15, -0.1) is 11.3 Å². The quantitative estimate of drug-likeness (QED) is 0.468. The Balaban J connectivity index is 1.82. The predicted molar refractivity (Wildman–Crippen MR) is 126 cm³/mol. The van der Waals surface area contributed by atoms with Gasteiger partial charge in [0.1, 0.15) is 11.2 Å². The Morgan fingerprint density at radius 1 is 1.13 bits per heavy atom. The minimum absolute atomic E-state index is 0.229. The van der Waals surface area contributed by atoms with Crippen molar-refractivity contribution >= 4 is 45.0 Å². The standard InChI is InChI=1S/C22H20N4O3S2/c1-13-9-10-16(14(2)11-13)23-17(27)12-25-19-18(31-21(24-19)30-3)20(28)26(22(25)29)15-7-5-4-6-8-15/h4-11H,12H2,1-3H3,(H,23,27). The lowest BCUT2D eigenvalue weighted by atomic mass is 10.1.